The van der Waals surface area contributed by atoms with E-state index in [4.69, 9.17) is 11.0 Å². The molecule has 2 aromatic rings. The fourth-order valence-corrected chi connectivity index (χ4v) is 1.39. The maximum Gasteiger partial charge on any atom is 0.213 e. The summed E-state index contributed by atoms with van der Waals surface area (Å²) in [5.41, 5.74) is 7.70. The summed E-state index contributed by atoms with van der Waals surface area (Å²) in [6.45, 7) is 0.624. The van der Waals surface area contributed by atoms with Crippen molar-refractivity contribution in [3.8, 4) is 6.07 Å². The van der Waals surface area contributed by atoms with Crippen LogP contribution in [0.3, 0.4) is 0 Å². The molecule has 0 radical (unpaired) electrons. The van der Waals surface area contributed by atoms with Gasteiger partial charge < -0.3 is 15.6 Å². The van der Waals surface area contributed by atoms with Crippen molar-refractivity contribution in [1.82, 2.24) is 10.1 Å². The molecule has 1 aromatic heterocycles. The average molecular weight is 229 g/mol. The Bertz CT molecular complexity index is 529. The summed E-state index contributed by atoms with van der Waals surface area (Å²) < 4.78 is 4.62. The molecule has 0 saturated heterocycles. The molecule has 1 heterocycles. The molecular weight excluding hydrogens is 218 g/mol. The summed E-state index contributed by atoms with van der Waals surface area (Å²) in [6.07, 6.45) is 1.92. The molecule has 0 spiro atoms. The van der Waals surface area contributed by atoms with Gasteiger partial charge in [0.05, 0.1) is 23.0 Å². The standard InChI is InChI=1S/C11H11N5O/c12-6-8-1-2-9(13)10(5-8)14-4-3-11-15-7-17-16-11/h1-2,5,7,14H,3-4,13H2. The summed E-state index contributed by atoms with van der Waals surface area (Å²) in [7, 11) is 0. The molecule has 2 rings (SSSR count). The second-order valence-corrected chi connectivity index (χ2v) is 3.44. The molecule has 1 aromatic carbocycles. The number of rotatable bonds is 4. The number of nitrogens with one attached hydrogen (secondary N) is 1. The van der Waals surface area contributed by atoms with E-state index >= 15 is 0 Å². The monoisotopic (exact) mass is 229 g/mol. The molecule has 6 nitrogen and oxygen atoms in total. The zero-order chi connectivity index (χ0) is 12.1. The highest BCUT2D eigenvalue weighted by atomic mass is 16.5. The molecule has 3 N–H and O–H groups in total. The molecule has 0 aliphatic heterocycles. The maximum absolute atomic E-state index is 8.78. The van der Waals surface area contributed by atoms with Gasteiger partial charge in [-0.25, -0.2) is 0 Å². The molecule has 86 valence electrons. The molecule has 17 heavy (non-hydrogen) atoms. The predicted octanol–water partition coefficient (Wildman–Crippen LogP) is 1.18. The summed E-state index contributed by atoms with van der Waals surface area (Å²) in [4.78, 5) is 3.90. The minimum atomic E-state index is 0.571. The molecule has 0 saturated carbocycles. The SMILES string of the molecule is N#Cc1ccc(N)c(NCCc2ncon2)c1. The first-order valence-electron chi connectivity index (χ1n) is 5.08. The lowest BCUT2D eigenvalue weighted by molar-refractivity contribution is 0.410. The highest BCUT2D eigenvalue weighted by Gasteiger charge is 2.02. The summed E-state index contributed by atoms with van der Waals surface area (Å²) in [5.74, 6) is 0.632. The van der Waals surface area contributed by atoms with E-state index in [0.29, 0.717) is 30.0 Å². The van der Waals surface area contributed by atoms with Crippen molar-refractivity contribution in [2.24, 2.45) is 0 Å². The molecule has 6 heteroatoms. The second-order valence-electron chi connectivity index (χ2n) is 3.44. The van der Waals surface area contributed by atoms with Gasteiger partial charge in [-0.15, -0.1) is 0 Å². The average Bonchev–Trinajstić information content (AvgIpc) is 2.84. The van der Waals surface area contributed by atoms with Crippen LogP contribution in [-0.2, 0) is 6.42 Å². The fourth-order valence-electron chi connectivity index (χ4n) is 1.39. The van der Waals surface area contributed by atoms with Gasteiger partial charge in [0, 0.05) is 13.0 Å². The van der Waals surface area contributed by atoms with E-state index in [1.807, 2.05) is 0 Å². The van der Waals surface area contributed by atoms with Crippen LogP contribution in [0.25, 0.3) is 0 Å². The number of nitrogens with zero attached hydrogens (tertiary/aromatic N) is 3. The molecule has 0 amide bonds. The van der Waals surface area contributed by atoms with Gasteiger partial charge in [-0.05, 0) is 18.2 Å². The second kappa shape index (κ2) is 4.99. The van der Waals surface area contributed by atoms with Crippen LogP contribution in [0.1, 0.15) is 11.4 Å². The van der Waals surface area contributed by atoms with Crippen LogP contribution >= 0.6 is 0 Å². The Morgan fingerprint density at radius 3 is 3.06 bits per heavy atom. The molecule has 0 aliphatic carbocycles. The third kappa shape index (κ3) is 2.72. The van der Waals surface area contributed by atoms with E-state index in [-0.39, 0.29) is 0 Å². The van der Waals surface area contributed by atoms with E-state index in [1.54, 1.807) is 18.2 Å². The fraction of sp³-hybridized carbons (Fsp3) is 0.182. The van der Waals surface area contributed by atoms with Gasteiger partial charge >= 0.3 is 0 Å². The predicted molar refractivity (Wildman–Crippen MR) is 62.1 cm³/mol. The lowest BCUT2D eigenvalue weighted by atomic mass is 10.2. The van der Waals surface area contributed by atoms with Gasteiger partial charge in [-0.3, -0.25) is 0 Å². The zero-order valence-corrected chi connectivity index (χ0v) is 9.05. The Balaban J connectivity index is 1.97. The van der Waals surface area contributed by atoms with Crippen molar-refractivity contribution in [3.05, 3.63) is 36.0 Å². The Labute approximate surface area is 98.1 Å². The largest absolute Gasteiger partial charge is 0.397 e. The van der Waals surface area contributed by atoms with Crippen LogP contribution in [0.2, 0.25) is 0 Å². The van der Waals surface area contributed by atoms with E-state index in [2.05, 4.69) is 26.0 Å². The van der Waals surface area contributed by atoms with Crippen molar-refractivity contribution in [1.29, 1.82) is 5.26 Å². The summed E-state index contributed by atoms with van der Waals surface area (Å²) in [5, 5.41) is 15.6. The number of nitrogens with two attached hydrogens (primary N) is 1. The van der Waals surface area contributed by atoms with Crippen molar-refractivity contribution < 1.29 is 4.52 Å². The number of benzene rings is 1. The Hall–Kier alpha value is -2.55. The normalized spacial score (nSPS) is 9.82. The third-order valence-electron chi connectivity index (χ3n) is 2.25. The molecule has 0 fully saturated rings. The van der Waals surface area contributed by atoms with E-state index in [9.17, 15) is 0 Å². The first-order chi connectivity index (χ1) is 8.29. The number of hydrogen-bond donors (Lipinski definition) is 2. The number of nitriles is 1. The lowest BCUT2D eigenvalue weighted by Gasteiger charge is -2.08. The first kappa shape index (κ1) is 11.0. The highest BCUT2D eigenvalue weighted by molar-refractivity contribution is 5.68. The molecule has 0 aliphatic rings. The Morgan fingerprint density at radius 2 is 2.35 bits per heavy atom. The van der Waals surface area contributed by atoms with Gasteiger partial charge in [0.25, 0.3) is 0 Å². The molecular formula is C11H11N5O. The minimum Gasteiger partial charge on any atom is -0.397 e. The van der Waals surface area contributed by atoms with Crippen LogP contribution in [0.15, 0.2) is 29.1 Å². The smallest absolute Gasteiger partial charge is 0.213 e. The number of aromatic nitrogens is 2. The maximum atomic E-state index is 8.78. The van der Waals surface area contributed by atoms with Gasteiger partial charge in [0.1, 0.15) is 0 Å². The van der Waals surface area contributed by atoms with E-state index in [0.717, 1.165) is 5.69 Å². The van der Waals surface area contributed by atoms with Crippen molar-refractivity contribution in [3.63, 3.8) is 0 Å². The minimum absolute atomic E-state index is 0.571. The molecule has 0 atom stereocenters. The highest BCUT2D eigenvalue weighted by Crippen LogP contribution is 2.19. The third-order valence-corrected chi connectivity index (χ3v) is 2.25. The van der Waals surface area contributed by atoms with Crippen LogP contribution in [0.5, 0.6) is 0 Å². The first-order valence-corrected chi connectivity index (χ1v) is 5.08. The number of nitrogen functional groups attached to an aromatic ring is 1. The van der Waals surface area contributed by atoms with Crippen LogP contribution in [0, 0.1) is 11.3 Å². The van der Waals surface area contributed by atoms with E-state index in [1.165, 1.54) is 6.39 Å². The Kier molecular flexibility index (Phi) is 3.21. The van der Waals surface area contributed by atoms with Gasteiger partial charge in [0.15, 0.2) is 5.82 Å². The number of anilines is 2. The van der Waals surface area contributed by atoms with Crippen LogP contribution in [-0.4, -0.2) is 16.7 Å². The van der Waals surface area contributed by atoms with Crippen molar-refractivity contribution >= 4 is 11.4 Å². The zero-order valence-electron chi connectivity index (χ0n) is 9.05. The Morgan fingerprint density at radius 1 is 1.47 bits per heavy atom. The quantitative estimate of drug-likeness (QED) is 0.763. The number of hydrogen-bond acceptors (Lipinski definition) is 6. The van der Waals surface area contributed by atoms with Crippen molar-refractivity contribution in [2.45, 2.75) is 6.42 Å². The summed E-state index contributed by atoms with van der Waals surface area (Å²) in [6, 6.07) is 7.16. The van der Waals surface area contributed by atoms with Gasteiger partial charge in [0.2, 0.25) is 6.39 Å². The molecule has 0 bridgehead atoms. The van der Waals surface area contributed by atoms with Crippen LogP contribution < -0.4 is 11.1 Å². The lowest BCUT2D eigenvalue weighted by Crippen LogP contribution is -2.07. The van der Waals surface area contributed by atoms with Gasteiger partial charge in [-0.1, -0.05) is 5.16 Å². The van der Waals surface area contributed by atoms with Crippen molar-refractivity contribution in [2.75, 3.05) is 17.6 Å². The van der Waals surface area contributed by atoms with E-state index < -0.39 is 0 Å². The topological polar surface area (TPSA) is 101 Å². The molecule has 0 unspecified atom stereocenters. The van der Waals surface area contributed by atoms with Crippen LogP contribution in [0.4, 0.5) is 11.4 Å². The van der Waals surface area contributed by atoms with Gasteiger partial charge in [-0.2, -0.15) is 10.2 Å². The summed E-state index contributed by atoms with van der Waals surface area (Å²) >= 11 is 0.